The summed E-state index contributed by atoms with van der Waals surface area (Å²) in [7, 11) is 0. The number of rotatable bonds is 7. The van der Waals surface area contributed by atoms with Crippen LogP contribution in [0.3, 0.4) is 0 Å². The van der Waals surface area contributed by atoms with E-state index in [-0.39, 0.29) is 5.92 Å². The second-order valence-electron chi connectivity index (χ2n) is 8.56. The lowest BCUT2D eigenvalue weighted by atomic mass is 9.83. The van der Waals surface area contributed by atoms with Gasteiger partial charge in [0.1, 0.15) is 0 Å². The van der Waals surface area contributed by atoms with Crippen LogP contribution in [-0.4, -0.2) is 35.7 Å². The number of hydrogen-bond donors (Lipinski definition) is 1. The van der Waals surface area contributed by atoms with E-state index in [9.17, 15) is 9.90 Å². The smallest absolute Gasteiger partial charge is 0.343 e. The van der Waals surface area contributed by atoms with Crippen LogP contribution >= 0.6 is 0 Å². The predicted molar refractivity (Wildman–Crippen MR) is 108 cm³/mol. The zero-order valence-electron chi connectivity index (χ0n) is 16.6. The number of hydrogen-bond acceptors (Lipinski definition) is 4. The van der Waals surface area contributed by atoms with Gasteiger partial charge in [-0.3, -0.25) is 4.90 Å². The number of nitrogens with zero attached hydrogens (tertiary/aromatic N) is 1. The maximum absolute atomic E-state index is 12.8. The predicted octanol–water partition coefficient (Wildman–Crippen LogP) is 3.45. The molecule has 0 radical (unpaired) electrons. The quantitative estimate of drug-likeness (QED) is 0.749. The lowest BCUT2D eigenvalue weighted by molar-refractivity contribution is -0.173. The second kappa shape index (κ2) is 7.69. The number of aliphatic hydroxyl groups is 1. The molecule has 4 rings (SSSR count). The Morgan fingerprint density at radius 1 is 1.07 bits per heavy atom. The molecule has 1 N–H and O–H groups in total. The average Bonchev–Trinajstić information content (AvgIpc) is 3.17. The average molecular weight is 380 g/mol. The van der Waals surface area contributed by atoms with E-state index in [0.29, 0.717) is 29.9 Å². The first kappa shape index (κ1) is 19.2. The second-order valence-corrected chi connectivity index (χ2v) is 8.56. The fourth-order valence-corrected chi connectivity index (χ4v) is 4.62. The van der Waals surface area contributed by atoms with Crippen molar-refractivity contribution in [2.75, 3.05) is 19.7 Å². The summed E-state index contributed by atoms with van der Waals surface area (Å²) in [5, 5.41) is 11.1. The third-order valence-electron chi connectivity index (χ3n) is 6.46. The molecule has 1 saturated heterocycles. The van der Waals surface area contributed by atoms with Crippen molar-refractivity contribution in [2.45, 2.75) is 26.0 Å². The van der Waals surface area contributed by atoms with Crippen molar-refractivity contribution >= 4 is 5.97 Å². The van der Waals surface area contributed by atoms with Gasteiger partial charge in [-0.05, 0) is 28.9 Å². The Morgan fingerprint density at radius 3 is 2.21 bits per heavy atom. The zero-order valence-corrected chi connectivity index (χ0v) is 16.6. The lowest BCUT2D eigenvalue weighted by Crippen LogP contribution is -2.42. The van der Waals surface area contributed by atoms with Crippen molar-refractivity contribution in [3.8, 4) is 0 Å². The Kier molecular flexibility index (Phi) is 5.26. The molecule has 3 atom stereocenters. The highest BCUT2D eigenvalue weighted by Gasteiger charge is 2.56. The van der Waals surface area contributed by atoms with E-state index >= 15 is 0 Å². The summed E-state index contributed by atoms with van der Waals surface area (Å²) in [5.74, 6) is 0.867. The molecule has 1 saturated carbocycles. The number of carbonyl (C=O) groups is 1. The molecular weight excluding hydrogens is 350 g/mol. The van der Waals surface area contributed by atoms with Gasteiger partial charge in [0.15, 0.2) is 5.60 Å². The van der Waals surface area contributed by atoms with Gasteiger partial charge < -0.3 is 9.84 Å². The standard InChI is InChI=1S/C24H29NO3/c1-17(2)24(27,19-11-7-4-8-12-19)23(26)28-16-22-20-14-25(15-21(20)22)13-18-9-5-3-6-10-18/h3-12,17,20-22,27H,13-16H2,1-2H3. The molecule has 0 amide bonds. The zero-order chi connectivity index (χ0) is 19.7. The molecular formula is C24H29NO3. The minimum Gasteiger partial charge on any atom is -0.463 e. The van der Waals surface area contributed by atoms with Crippen LogP contribution < -0.4 is 0 Å². The van der Waals surface area contributed by atoms with Crippen LogP contribution in [0.4, 0.5) is 0 Å². The third kappa shape index (κ3) is 3.59. The van der Waals surface area contributed by atoms with E-state index < -0.39 is 11.6 Å². The van der Waals surface area contributed by atoms with E-state index in [0.717, 1.165) is 19.6 Å². The number of esters is 1. The van der Waals surface area contributed by atoms with E-state index in [1.165, 1.54) is 5.56 Å². The Labute approximate surface area is 167 Å². The molecule has 148 valence electrons. The van der Waals surface area contributed by atoms with Crippen LogP contribution in [-0.2, 0) is 21.7 Å². The summed E-state index contributed by atoms with van der Waals surface area (Å²) < 4.78 is 5.63. The minimum absolute atomic E-state index is 0.262. The van der Waals surface area contributed by atoms with Gasteiger partial charge in [0.25, 0.3) is 0 Å². The third-order valence-corrected chi connectivity index (χ3v) is 6.46. The number of likely N-dealkylation sites (tertiary alicyclic amines) is 1. The largest absolute Gasteiger partial charge is 0.463 e. The number of fused-ring (bicyclic) bond motifs is 1. The summed E-state index contributed by atoms with van der Waals surface area (Å²) in [6, 6.07) is 19.7. The molecule has 2 aromatic rings. The van der Waals surface area contributed by atoms with Crippen LogP contribution in [0, 0.1) is 23.7 Å². The number of benzene rings is 2. The van der Waals surface area contributed by atoms with Gasteiger partial charge in [-0.15, -0.1) is 0 Å². The first-order chi connectivity index (χ1) is 13.5. The number of piperidine rings is 1. The first-order valence-electron chi connectivity index (χ1n) is 10.2. The lowest BCUT2D eigenvalue weighted by Gasteiger charge is -2.30. The summed E-state index contributed by atoms with van der Waals surface area (Å²) in [4.78, 5) is 15.3. The van der Waals surface area contributed by atoms with Crippen LogP contribution in [0.25, 0.3) is 0 Å². The maximum Gasteiger partial charge on any atom is 0.343 e. The van der Waals surface area contributed by atoms with Crippen LogP contribution in [0.15, 0.2) is 60.7 Å². The fraction of sp³-hybridized carbons (Fsp3) is 0.458. The molecule has 4 heteroatoms. The molecule has 1 heterocycles. The van der Waals surface area contributed by atoms with Crippen molar-refractivity contribution in [3.63, 3.8) is 0 Å². The topological polar surface area (TPSA) is 49.8 Å². The number of carbonyl (C=O) groups excluding carboxylic acids is 1. The van der Waals surface area contributed by atoms with Crippen molar-refractivity contribution in [1.29, 1.82) is 0 Å². The molecule has 3 unspecified atom stereocenters. The van der Waals surface area contributed by atoms with Gasteiger partial charge in [0, 0.05) is 25.6 Å². The van der Waals surface area contributed by atoms with E-state index in [1.54, 1.807) is 12.1 Å². The molecule has 0 bridgehead atoms. The van der Waals surface area contributed by atoms with Crippen LogP contribution in [0.1, 0.15) is 25.0 Å². The molecule has 1 aliphatic heterocycles. The van der Waals surface area contributed by atoms with Crippen LogP contribution in [0.2, 0.25) is 0 Å². The van der Waals surface area contributed by atoms with Gasteiger partial charge >= 0.3 is 5.97 Å². The molecule has 2 aromatic carbocycles. The fourth-order valence-electron chi connectivity index (χ4n) is 4.62. The van der Waals surface area contributed by atoms with Gasteiger partial charge in [-0.25, -0.2) is 4.79 Å². The summed E-state index contributed by atoms with van der Waals surface area (Å²) in [5.41, 5.74) is 0.349. The Balaban J connectivity index is 1.30. The first-order valence-corrected chi connectivity index (χ1v) is 10.2. The SMILES string of the molecule is CC(C)C(O)(C(=O)OCC1C2CN(Cc3ccccc3)CC12)c1ccccc1. The van der Waals surface area contributed by atoms with E-state index in [2.05, 4.69) is 29.2 Å². The van der Waals surface area contributed by atoms with Crippen molar-refractivity contribution in [3.05, 3.63) is 71.8 Å². The Bertz CT molecular complexity index is 795. The van der Waals surface area contributed by atoms with Crippen molar-refractivity contribution < 1.29 is 14.6 Å². The van der Waals surface area contributed by atoms with Gasteiger partial charge in [0.2, 0.25) is 0 Å². The highest BCUT2D eigenvalue weighted by molar-refractivity contribution is 5.81. The molecule has 2 aliphatic rings. The maximum atomic E-state index is 12.8. The van der Waals surface area contributed by atoms with Crippen molar-refractivity contribution in [1.82, 2.24) is 4.90 Å². The molecule has 0 spiro atoms. The van der Waals surface area contributed by atoms with Gasteiger partial charge in [0.05, 0.1) is 6.61 Å². The van der Waals surface area contributed by atoms with E-state index in [4.69, 9.17) is 4.74 Å². The minimum atomic E-state index is -1.59. The Morgan fingerprint density at radius 2 is 1.64 bits per heavy atom. The normalized spacial score (nSPS) is 25.9. The molecule has 2 fully saturated rings. The van der Waals surface area contributed by atoms with E-state index in [1.807, 2.05) is 38.1 Å². The highest BCUT2D eigenvalue weighted by atomic mass is 16.5. The summed E-state index contributed by atoms with van der Waals surface area (Å²) in [6.45, 7) is 7.23. The number of ether oxygens (including phenoxy) is 1. The van der Waals surface area contributed by atoms with Crippen LogP contribution in [0.5, 0.6) is 0 Å². The van der Waals surface area contributed by atoms with Gasteiger partial charge in [-0.2, -0.15) is 0 Å². The molecule has 0 aromatic heterocycles. The van der Waals surface area contributed by atoms with Gasteiger partial charge in [-0.1, -0.05) is 74.5 Å². The summed E-state index contributed by atoms with van der Waals surface area (Å²) >= 11 is 0. The van der Waals surface area contributed by atoms with Crippen molar-refractivity contribution in [2.24, 2.45) is 23.7 Å². The monoisotopic (exact) mass is 379 g/mol. The molecule has 1 aliphatic carbocycles. The highest BCUT2D eigenvalue weighted by Crippen LogP contribution is 2.52. The molecule has 28 heavy (non-hydrogen) atoms. The Hall–Kier alpha value is -2.17. The molecule has 4 nitrogen and oxygen atoms in total. The summed E-state index contributed by atoms with van der Waals surface area (Å²) in [6.07, 6.45) is 0.